The highest BCUT2D eigenvalue weighted by atomic mass is 19.3. The predicted octanol–water partition coefficient (Wildman–Crippen LogP) is 1.72. The minimum Gasteiger partial charge on any atom is -0.480 e. The average Bonchev–Trinajstić information content (AvgIpc) is 2.31. The highest BCUT2D eigenvalue weighted by Gasteiger charge is 2.20. The lowest BCUT2D eigenvalue weighted by atomic mass is 10.2. The maximum Gasteiger partial charge on any atom is 0.387 e. The van der Waals surface area contributed by atoms with Crippen molar-refractivity contribution in [3.8, 4) is 5.75 Å². The number of nitrogens with zero attached hydrogens (tertiary/aromatic N) is 1. The Morgan fingerprint density at radius 2 is 1.94 bits per heavy atom. The summed E-state index contributed by atoms with van der Waals surface area (Å²) in [6.07, 6.45) is 0.363. The van der Waals surface area contributed by atoms with Crippen LogP contribution in [0.25, 0.3) is 0 Å². The number of benzene rings is 1. The Hall–Kier alpha value is -2.18. The minimum absolute atomic E-state index is 0.0671. The number of anilines is 1. The van der Waals surface area contributed by atoms with E-state index in [0.29, 0.717) is 6.41 Å². The van der Waals surface area contributed by atoms with Gasteiger partial charge in [0.1, 0.15) is 11.8 Å². The summed E-state index contributed by atoms with van der Waals surface area (Å²) in [6, 6.07) is 4.06. The summed E-state index contributed by atoms with van der Waals surface area (Å²) in [5.41, 5.74) is 0.279. The average molecular weight is 259 g/mol. The van der Waals surface area contributed by atoms with Gasteiger partial charge in [0, 0.05) is 5.69 Å². The van der Waals surface area contributed by atoms with E-state index in [1.54, 1.807) is 0 Å². The molecule has 0 saturated carbocycles. The Labute approximate surface area is 102 Å². The van der Waals surface area contributed by atoms with E-state index in [2.05, 4.69) is 4.74 Å². The Balaban J connectivity index is 2.88. The third kappa shape index (κ3) is 3.41. The van der Waals surface area contributed by atoms with Crippen LogP contribution in [0.5, 0.6) is 5.75 Å². The van der Waals surface area contributed by atoms with Gasteiger partial charge in [-0.05, 0) is 31.2 Å². The van der Waals surface area contributed by atoms with Gasteiger partial charge < -0.3 is 14.7 Å². The van der Waals surface area contributed by atoms with Crippen molar-refractivity contribution in [1.29, 1.82) is 0 Å². The second-order valence-electron chi connectivity index (χ2n) is 3.40. The molecule has 0 heterocycles. The molecule has 1 rings (SSSR count). The molecule has 98 valence electrons. The van der Waals surface area contributed by atoms with Crippen molar-refractivity contribution >= 4 is 18.1 Å². The van der Waals surface area contributed by atoms with Crippen LogP contribution in [0.3, 0.4) is 0 Å². The molecular weight excluding hydrogens is 248 g/mol. The Morgan fingerprint density at radius 1 is 1.39 bits per heavy atom. The van der Waals surface area contributed by atoms with Gasteiger partial charge in [-0.15, -0.1) is 0 Å². The Bertz CT molecular complexity index is 422. The number of carboxylic acid groups (broad SMARTS) is 1. The molecule has 1 aromatic rings. The molecule has 0 saturated heterocycles. The van der Waals surface area contributed by atoms with E-state index in [9.17, 15) is 18.4 Å². The quantitative estimate of drug-likeness (QED) is 0.790. The van der Waals surface area contributed by atoms with Crippen molar-refractivity contribution in [2.75, 3.05) is 4.90 Å². The Morgan fingerprint density at radius 3 is 2.33 bits per heavy atom. The number of hydrogen-bond acceptors (Lipinski definition) is 3. The van der Waals surface area contributed by atoms with Gasteiger partial charge in [0.05, 0.1) is 0 Å². The normalized spacial score (nSPS) is 12.0. The van der Waals surface area contributed by atoms with Crippen LogP contribution in [0.4, 0.5) is 14.5 Å². The summed E-state index contributed by atoms with van der Waals surface area (Å²) in [7, 11) is 0. The molecule has 0 fully saturated rings. The molecule has 0 bridgehead atoms. The lowest BCUT2D eigenvalue weighted by Crippen LogP contribution is -2.37. The van der Waals surface area contributed by atoms with Crippen molar-refractivity contribution in [2.45, 2.75) is 19.6 Å². The van der Waals surface area contributed by atoms with Crippen molar-refractivity contribution in [2.24, 2.45) is 0 Å². The number of aliphatic carboxylic acids is 1. The summed E-state index contributed by atoms with van der Waals surface area (Å²) in [5.74, 6) is -1.24. The zero-order chi connectivity index (χ0) is 13.7. The summed E-state index contributed by atoms with van der Waals surface area (Å²) < 4.78 is 28.0. The number of alkyl halides is 2. The van der Waals surface area contributed by atoms with Gasteiger partial charge in [0.15, 0.2) is 0 Å². The van der Waals surface area contributed by atoms with E-state index in [4.69, 9.17) is 5.11 Å². The van der Waals surface area contributed by atoms with E-state index in [1.165, 1.54) is 31.2 Å². The molecule has 0 aliphatic carbocycles. The first-order chi connectivity index (χ1) is 8.45. The molecule has 18 heavy (non-hydrogen) atoms. The summed E-state index contributed by atoms with van der Waals surface area (Å²) in [6.45, 7) is -1.60. The minimum atomic E-state index is -2.93. The summed E-state index contributed by atoms with van der Waals surface area (Å²) in [4.78, 5) is 22.6. The molecule has 1 unspecified atom stereocenters. The van der Waals surface area contributed by atoms with E-state index in [0.717, 1.165) is 4.90 Å². The van der Waals surface area contributed by atoms with Crippen LogP contribution in [0.15, 0.2) is 24.3 Å². The van der Waals surface area contributed by atoms with E-state index < -0.39 is 18.6 Å². The topological polar surface area (TPSA) is 66.8 Å². The van der Waals surface area contributed by atoms with Crippen LogP contribution in [-0.4, -0.2) is 30.1 Å². The fraction of sp³-hybridized carbons (Fsp3) is 0.273. The number of rotatable bonds is 6. The third-order valence-electron chi connectivity index (χ3n) is 2.25. The molecule has 1 N–H and O–H groups in total. The van der Waals surface area contributed by atoms with Crippen LogP contribution in [0.1, 0.15) is 6.92 Å². The van der Waals surface area contributed by atoms with Gasteiger partial charge in [0.2, 0.25) is 6.41 Å². The number of halogens is 2. The van der Waals surface area contributed by atoms with E-state index in [1.807, 2.05) is 0 Å². The van der Waals surface area contributed by atoms with Crippen LogP contribution in [0.2, 0.25) is 0 Å². The molecule has 1 aromatic carbocycles. The van der Waals surface area contributed by atoms with Crippen LogP contribution >= 0.6 is 0 Å². The maximum absolute atomic E-state index is 11.9. The van der Waals surface area contributed by atoms with Gasteiger partial charge in [0.25, 0.3) is 0 Å². The van der Waals surface area contributed by atoms with E-state index >= 15 is 0 Å². The second kappa shape index (κ2) is 5.95. The summed E-state index contributed by atoms with van der Waals surface area (Å²) in [5, 5.41) is 8.79. The molecule has 1 atom stereocenters. The third-order valence-corrected chi connectivity index (χ3v) is 2.25. The smallest absolute Gasteiger partial charge is 0.387 e. The standard InChI is InChI=1S/C11H11F2NO4/c1-7(10(16)17)14(6-15)8-2-4-9(5-3-8)18-11(12)13/h2-7,11H,1H3,(H,16,17). The largest absolute Gasteiger partial charge is 0.480 e. The van der Waals surface area contributed by atoms with Gasteiger partial charge >= 0.3 is 12.6 Å². The summed E-state index contributed by atoms with van der Waals surface area (Å²) >= 11 is 0. The molecule has 0 radical (unpaired) electrons. The van der Waals surface area contributed by atoms with Crippen molar-refractivity contribution < 1.29 is 28.2 Å². The monoisotopic (exact) mass is 259 g/mol. The van der Waals surface area contributed by atoms with Crippen LogP contribution < -0.4 is 9.64 Å². The first-order valence-electron chi connectivity index (χ1n) is 4.97. The lowest BCUT2D eigenvalue weighted by molar-refractivity contribution is -0.138. The molecule has 0 aliphatic rings. The lowest BCUT2D eigenvalue weighted by Gasteiger charge is -2.21. The van der Waals surface area contributed by atoms with Gasteiger partial charge in [-0.2, -0.15) is 8.78 Å². The molecule has 1 amide bonds. The first kappa shape index (κ1) is 13.9. The van der Waals surface area contributed by atoms with Crippen molar-refractivity contribution in [1.82, 2.24) is 0 Å². The predicted molar refractivity (Wildman–Crippen MR) is 58.7 cm³/mol. The number of carbonyl (C=O) groups is 2. The van der Waals surface area contributed by atoms with Crippen LogP contribution in [-0.2, 0) is 9.59 Å². The fourth-order valence-electron chi connectivity index (χ4n) is 1.29. The molecule has 5 nitrogen and oxygen atoms in total. The highest BCUT2D eigenvalue weighted by Crippen LogP contribution is 2.21. The highest BCUT2D eigenvalue weighted by molar-refractivity contribution is 5.87. The number of carbonyl (C=O) groups excluding carboxylic acids is 1. The Kier molecular flexibility index (Phi) is 4.59. The molecule has 0 aromatic heterocycles. The van der Waals surface area contributed by atoms with Crippen molar-refractivity contribution in [3.63, 3.8) is 0 Å². The molecule has 0 spiro atoms. The molecule has 7 heteroatoms. The first-order valence-corrected chi connectivity index (χ1v) is 4.97. The molecule has 0 aliphatic heterocycles. The van der Waals surface area contributed by atoms with E-state index in [-0.39, 0.29) is 11.4 Å². The van der Waals surface area contributed by atoms with Gasteiger partial charge in [-0.25, -0.2) is 4.79 Å². The van der Waals surface area contributed by atoms with Crippen LogP contribution in [0, 0.1) is 0 Å². The van der Waals surface area contributed by atoms with Gasteiger partial charge in [-0.3, -0.25) is 4.79 Å². The fourth-order valence-corrected chi connectivity index (χ4v) is 1.29. The van der Waals surface area contributed by atoms with Gasteiger partial charge in [-0.1, -0.05) is 0 Å². The molecular formula is C11H11F2NO4. The number of hydrogen-bond donors (Lipinski definition) is 1. The second-order valence-corrected chi connectivity index (χ2v) is 3.40. The zero-order valence-electron chi connectivity index (χ0n) is 9.42. The number of carboxylic acids is 1. The zero-order valence-corrected chi connectivity index (χ0v) is 9.42. The van der Waals surface area contributed by atoms with Crippen molar-refractivity contribution in [3.05, 3.63) is 24.3 Å². The maximum atomic E-state index is 11.9. The number of ether oxygens (including phenoxy) is 1. The number of amides is 1. The SMILES string of the molecule is CC(C(=O)O)N(C=O)c1ccc(OC(F)F)cc1.